The quantitative estimate of drug-likeness (QED) is 0.807. The molecule has 0 aromatic heterocycles. The Morgan fingerprint density at radius 2 is 2.35 bits per heavy atom. The van der Waals surface area contributed by atoms with E-state index < -0.39 is 12.1 Å². The van der Waals surface area contributed by atoms with Crippen molar-refractivity contribution in [3.05, 3.63) is 29.1 Å². The Kier molecular flexibility index (Phi) is 4.22. The van der Waals surface area contributed by atoms with Gasteiger partial charge in [0, 0.05) is 12.0 Å². The van der Waals surface area contributed by atoms with Gasteiger partial charge in [-0.25, -0.2) is 9.18 Å². The number of fused-ring (bicyclic) bond motifs is 1. The molecule has 1 aliphatic rings. The van der Waals surface area contributed by atoms with E-state index in [4.69, 9.17) is 9.84 Å². The van der Waals surface area contributed by atoms with Crippen molar-refractivity contribution >= 4 is 12.4 Å². The summed E-state index contributed by atoms with van der Waals surface area (Å²) in [5.74, 6) is -0.185. The number of amides is 1. The minimum absolute atomic E-state index is 0.113. The molecule has 6 heteroatoms. The predicted molar refractivity (Wildman–Crippen MR) is 69.5 cm³/mol. The molecule has 1 amide bonds. The average Bonchev–Trinajstić information content (AvgIpc) is 2.79. The monoisotopic (exact) mass is 281 g/mol. The zero-order valence-corrected chi connectivity index (χ0v) is 11.1. The van der Waals surface area contributed by atoms with Crippen LogP contribution in [-0.2, 0) is 17.6 Å². The van der Waals surface area contributed by atoms with Gasteiger partial charge < -0.3 is 20.0 Å². The third kappa shape index (κ3) is 3.26. The molecule has 1 aromatic carbocycles. The first-order valence-electron chi connectivity index (χ1n) is 6.38. The molecule has 1 aliphatic carbocycles. The molecule has 0 heterocycles. The summed E-state index contributed by atoms with van der Waals surface area (Å²) in [6.07, 6.45) is 0.673. The normalized spacial score (nSPS) is 18.2. The smallest absolute Gasteiger partial charge is 0.404 e. The SMILES string of the molecule is C[C@H](COc1cc(F)c2c(c1)CC(C=O)C2)NC(=O)O. The Morgan fingerprint density at radius 3 is 3.00 bits per heavy atom. The molecule has 1 unspecified atom stereocenters. The summed E-state index contributed by atoms with van der Waals surface area (Å²) in [4.78, 5) is 21.2. The van der Waals surface area contributed by atoms with Crippen LogP contribution in [0.25, 0.3) is 0 Å². The second kappa shape index (κ2) is 5.90. The molecule has 0 spiro atoms. The number of hydrogen-bond donors (Lipinski definition) is 2. The van der Waals surface area contributed by atoms with Crippen LogP contribution in [0.4, 0.5) is 9.18 Å². The van der Waals surface area contributed by atoms with Crippen molar-refractivity contribution in [2.24, 2.45) is 5.92 Å². The molecule has 5 nitrogen and oxygen atoms in total. The lowest BCUT2D eigenvalue weighted by Gasteiger charge is -2.14. The van der Waals surface area contributed by atoms with Gasteiger partial charge >= 0.3 is 6.09 Å². The van der Waals surface area contributed by atoms with Gasteiger partial charge in [-0.1, -0.05) is 0 Å². The van der Waals surface area contributed by atoms with E-state index in [1.165, 1.54) is 6.07 Å². The van der Waals surface area contributed by atoms with Crippen molar-refractivity contribution in [2.75, 3.05) is 6.61 Å². The van der Waals surface area contributed by atoms with E-state index in [1.54, 1.807) is 13.0 Å². The van der Waals surface area contributed by atoms with Crippen LogP contribution in [0.1, 0.15) is 18.1 Å². The van der Waals surface area contributed by atoms with Crippen molar-refractivity contribution < 1.29 is 23.8 Å². The maximum absolute atomic E-state index is 13.9. The van der Waals surface area contributed by atoms with Crippen molar-refractivity contribution in [3.8, 4) is 5.75 Å². The van der Waals surface area contributed by atoms with Crippen molar-refractivity contribution in [1.82, 2.24) is 5.32 Å². The minimum atomic E-state index is -1.13. The lowest BCUT2D eigenvalue weighted by molar-refractivity contribution is -0.110. The largest absolute Gasteiger partial charge is 0.491 e. The van der Waals surface area contributed by atoms with Crippen LogP contribution in [-0.4, -0.2) is 30.1 Å². The van der Waals surface area contributed by atoms with E-state index in [1.807, 2.05) is 0 Å². The zero-order chi connectivity index (χ0) is 14.7. The van der Waals surface area contributed by atoms with Gasteiger partial charge in [0.05, 0.1) is 6.04 Å². The molecule has 1 aromatic rings. The van der Waals surface area contributed by atoms with Gasteiger partial charge in [-0.05, 0) is 37.0 Å². The van der Waals surface area contributed by atoms with Gasteiger partial charge in [0.1, 0.15) is 24.5 Å². The number of halogens is 1. The first kappa shape index (κ1) is 14.3. The topological polar surface area (TPSA) is 75.6 Å². The Morgan fingerprint density at radius 1 is 1.60 bits per heavy atom. The standard InChI is InChI=1S/C14H16FNO4/c1-8(16-14(18)19)7-20-11-4-10-2-9(6-17)3-12(10)13(15)5-11/h4-6,8-9,16H,2-3,7H2,1H3,(H,18,19)/t8-,9?/m1/s1. The first-order valence-corrected chi connectivity index (χ1v) is 6.38. The molecule has 0 radical (unpaired) electrons. The fraction of sp³-hybridized carbons (Fsp3) is 0.429. The molecule has 2 atom stereocenters. The lowest BCUT2D eigenvalue weighted by atomic mass is 10.1. The number of hydrogen-bond acceptors (Lipinski definition) is 3. The molecule has 0 aliphatic heterocycles. The highest BCUT2D eigenvalue weighted by Gasteiger charge is 2.25. The summed E-state index contributed by atoms with van der Waals surface area (Å²) < 4.78 is 19.3. The first-order chi connectivity index (χ1) is 9.49. The van der Waals surface area contributed by atoms with Gasteiger partial charge in [-0.15, -0.1) is 0 Å². The second-order valence-corrected chi connectivity index (χ2v) is 5.01. The Bertz CT molecular complexity index is 532. The summed E-state index contributed by atoms with van der Waals surface area (Å²) >= 11 is 0. The third-order valence-corrected chi connectivity index (χ3v) is 3.27. The molecule has 108 valence electrons. The highest BCUT2D eigenvalue weighted by molar-refractivity contribution is 5.64. The molecule has 20 heavy (non-hydrogen) atoms. The van der Waals surface area contributed by atoms with Crippen LogP contribution in [0.3, 0.4) is 0 Å². The van der Waals surface area contributed by atoms with Crippen LogP contribution in [0, 0.1) is 11.7 Å². The second-order valence-electron chi connectivity index (χ2n) is 5.01. The molecule has 0 saturated heterocycles. The zero-order valence-electron chi connectivity index (χ0n) is 11.1. The van der Waals surface area contributed by atoms with E-state index in [-0.39, 0.29) is 18.3 Å². The molecule has 0 bridgehead atoms. The minimum Gasteiger partial charge on any atom is -0.491 e. The van der Waals surface area contributed by atoms with Crippen LogP contribution in [0.15, 0.2) is 12.1 Å². The Balaban J connectivity index is 2.03. The van der Waals surface area contributed by atoms with E-state index >= 15 is 0 Å². The van der Waals surface area contributed by atoms with Crippen molar-refractivity contribution in [1.29, 1.82) is 0 Å². The van der Waals surface area contributed by atoms with E-state index in [2.05, 4.69) is 5.32 Å². The fourth-order valence-electron chi connectivity index (χ4n) is 2.35. The molecule has 2 rings (SSSR count). The van der Waals surface area contributed by atoms with Gasteiger partial charge in [0.25, 0.3) is 0 Å². The maximum Gasteiger partial charge on any atom is 0.404 e. The van der Waals surface area contributed by atoms with Crippen LogP contribution >= 0.6 is 0 Å². The predicted octanol–water partition coefficient (Wildman–Crippen LogP) is 1.77. The summed E-state index contributed by atoms with van der Waals surface area (Å²) in [5, 5.41) is 10.8. The van der Waals surface area contributed by atoms with Gasteiger partial charge in [-0.2, -0.15) is 0 Å². The maximum atomic E-state index is 13.9. The van der Waals surface area contributed by atoms with Gasteiger partial charge in [0.2, 0.25) is 0 Å². The van der Waals surface area contributed by atoms with Crippen LogP contribution in [0.2, 0.25) is 0 Å². The fourth-order valence-corrected chi connectivity index (χ4v) is 2.35. The molecule has 0 fully saturated rings. The summed E-state index contributed by atoms with van der Waals surface area (Å²) in [5.41, 5.74) is 1.36. The number of ether oxygens (including phenoxy) is 1. The Labute approximate surface area is 115 Å². The number of aldehydes is 1. The molecule has 0 saturated carbocycles. The van der Waals surface area contributed by atoms with Crippen LogP contribution < -0.4 is 10.1 Å². The molecule has 2 N–H and O–H groups in total. The average molecular weight is 281 g/mol. The lowest BCUT2D eigenvalue weighted by Crippen LogP contribution is -2.35. The summed E-state index contributed by atoms with van der Waals surface area (Å²) in [6.45, 7) is 1.77. The molecular formula is C14H16FNO4. The van der Waals surface area contributed by atoms with Crippen molar-refractivity contribution in [2.45, 2.75) is 25.8 Å². The molecular weight excluding hydrogens is 265 g/mol. The van der Waals surface area contributed by atoms with E-state index in [0.717, 1.165) is 11.8 Å². The Hall–Kier alpha value is -2.11. The number of carboxylic acid groups (broad SMARTS) is 1. The number of rotatable bonds is 5. The van der Waals surface area contributed by atoms with E-state index in [9.17, 15) is 14.0 Å². The van der Waals surface area contributed by atoms with Crippen molar-refractivity contribution in [3.63, 3.8) is 0 Å². The number of benzene rings is 1. The van der Waals surface area contributed by atoms with Crippen LogP contribution in [0.5, 0.6) is 5.75 Å². The summed E-state index contributed by atoms with van der Waals surface area (Å²) in [7, 11) is 0. The highest BCUT2D eigenvalue weighted by atomic mass is 19.1. The number of carbonyl (C=O) groups excluding carboxylic acids is 1. The third-order valence-electron chi connectivity index (χ3n) is 3.27. The number of carbonyl (C=O) groups is 2. The van der Waals surface area contributed by atoms with Gasteiger partial charge in [-0.3, -0.25) is 0 Å². The highest BCUT2D eigenvalue weighted by Crippen LogP contribution is 2.31. The van der Waals surface area contributed by atoms with E-state index in [0.29, 0.717) is 24.2 Å². The van der Waals surface area contributed by atoms with Gasteiger partial charge in [0.15, 0.2) is 0 Å². The number of nitrogens with one attached hydrogen (secondary N) is 1. The summed E-state index contributed by atoms with van der Waals surface area (Å²) in [6, 6.07) is 2.60.